The van der Waals surface area contributed by atoms with Gasteiger partial charge in [-0.05, 0) is 12.0 Å². The van der Waals surface area contributed by atoms with Gasteiger partial charge in [-0.2, -0.15) is 0 Å². The maximum atomic E-state index is 11.0. The Hall–Kier alpha value is -1.62. The summed E-state index contributed by atoms with van der Waals surface area (Å²) in [6.45, 7) is 0. The highest BCUT2D eigenvalue weighted by Crippen LogP contribution is 2.08. The van der Waals surface area contributed by atoms with E-state index < -0.39 is 12.0 Å². The number of nitrogens with two attached hydrogens (primary N) is 1. The fraction of sp³-hybridized carbons (Fsp3) is 0.400. The van der Waals surface area contributed by atoms with Crippen molar-refractivity contribution in [2.45, 2.75) is 12.5 Å². The lowest BCUT2D eigenvalue weighted by atomic mass is 10.1. The van der Waals surface area contributed by atoms with Gasteiger partial charge in [-0.1, -0.05) is 6.07 Å². The SMILES string of the molecule is COC(=O)[C@@H](N)Cc1ccc(OC)nc1. The predicted octanol–water partition coefficient (Wildman–Crippen LogP) is 0.133. The van der Waals surface area contributed by atoms with Gasteiger partial charge < -0.3 is 15.2 Å². The smallest absolute Gasteiger partial charge is 0.322 e. The van der Waals surface area contributed by atoms with Crippen LogP contribution >= 0.6 is 0 Å². The Balaban J connectivity index is 2.60. The van der Waals surface area contributed by atoms with Gasteiger partial charge in [-0.3, -0.25) is 4.79 Å². The van der Waals surface area contributed by atoms with Crippen molar-refractivity contribution < 1.29 is 14.3 Å². The van der Waals surface area contributed by atoms with Crippen LogP contribution in [-0.4, -0.2) is 31.2 Å². The van der Waals surface area contributed by atoms with E-state index in [9.17, 15) is 4.79 Å². The van der Waals surface area contributed by atoms with E-state index in [-0.39, 0.29) is 0 Å². The van der Waals surface area contributed by atoms with E-state index in [2.05, 4.69) is 9.72 Å². The molecule has 0 spiro atoms. The molecule has 0 radical (unpaired) electrons. The molecule has 5 heteroatoms. The molecule has 0 aliphatic rings. The van der Waals surface area contributed by atoms with Crippen LogP contribution < -0.4 is 10.5 Å². The topological polar surface area (TPSA) is 74.4 Å². The van der Waals surface area contributed by atoms with E-state index in [0.717, 1.165) is 5.56 Å². The maximum absolute atomic E-state index is 11.0. The fourth-order valence-electron chi connectivity index (χ4n) is 1.14. The van der Waals surface area contributed by atoms with E-state index in [4.69, 9.17) is 10.5 Å². The average molecular weight is 210 g/mol. The van der Waals surface area contributed by atoms with Crippen molar-refractivity contribution in [1.82, 2.24) is 4.98 Å². The second-order valence-electron chi connectivity index (χ2n) is 3.04. The summed E-state index contributed by atoms with van der Waals surface area (Å²) >= 11 is 0. The normalized spacial score (nSPS) is 11.9. The first-order valence-corrected chi connectivity index (χ1v) is 4.49. The number of hydrogen-bond acceptors (Lipinski definition) is 5. The second-order valence-corrected chi connectivity index (χ2v) is 3.04. The molecule has 1 aromatic rings. The molecule has 1 atom stereocenters. The van der Waals surface area contributed by atoms with Gasteiger partial charge in [0.2, 0.25) is 5.88 Å². The molecule has 2 N–H and O–H groups in total. The van der Waals surface area contributed by atoms with E-state index in [1.54, 1.807) is 19.4 Å². The Bertz CT molecular complexity index is 324. The van der Waals surface area contributed by atoms with Crippen LogP contribution in [0.4, 0.5) is 0 Å². The summed E-state index contributed by atoms with van der Waals surface area (Å²) in [5, 5.41) is 0. The average Bonchev–Trinajstić information content (AvgIpc) is 2.29. The van der Waals surface area contributed by atoms with Gasteiger partial charge in [0, 0.05) is 12.3 Å². The van der Waals surface area contributed by atoms with Crippen LogP contribution in [0.1, 0.15) is 5.56 Å². The molecule has 0 fully saturated rings. The third-order valence-corrected chi connectivity index (χ3v) is 1.97. The van der Waals surface area contributed by atoms with Crippen LogP contribution in [0.25, 0.3) is 0 Å². The minimum atomic E-state index is -0.648. The summed E-state index contributed by atoms with van der Waals surface area (Å²) in [5.41, 5.74) is 6.47. The molecule has 0 aliphatic carbocycles. The number of esters is 1. The van der Waals surface area contributed by atoms with E-state index in [1.807, 2.05) is 6.07 Å². The maximum Gasteiger partial charge on any atom is 0.322 e. The Labute approximate surface area is 88.2 Å². The van der Waals surface area contributed by atoms with Crippen LogP contribution in [0.15, 0.2) is 18.3 Å². The van der Waals surface area contributed by atoms with Crippen LogP contribution in [0.5, 0.6) is 5.88 Å². The number of carbonyl (C=O) groups excluding carboxylic acids is 1. The number of hydrogen-bond donors (Lipinski definition) is 1. The lowest BCUT2D eigenvalue weighted by Crippen LogP contribution is -2.33. The molecule has 1 heterocycles. The molecule has 0 amide bonds. The minimum absolute atomic E-state index is 0.406. The molecule has 82 valence electrons. The van der Waals surface area contributed by atoms with Crippen molar-refractivity contribution in [3.05, 3.63) is 23.9 Å². The largest absolute Gasteiger partial charge is 0.481 e. The number of nitrogens with zero attached hydrogens (tertiary/aromatic N) is 1. The highest BCUT2D eigenvalue weighted by atomic mass is 16.5. The molecule has 1 aromatic heterocycles. The monoisotopic (exact) mass is 210 g/mol. The highest BCUT2D eigenvalue weighted by molar-refractivity contribution is 5.75. The van der Waals surface area contributed by atoms with Gasteiger partial charge in [0.15, 0.2) is 0 Å². The third kappa shape index (κ3) is 3.21. The molecule has 0 bridgehead atoms. The van der Waals surface area contributed by atoms with Crippen LogP contribution in [0.3, 0.4) is 0 Å². The number of methoxy groups -OCH3 is 2. The first kappa shape index (κ1) is 11.5. The number of ether oxygens (including phenoxy) is 2. The number of rotatable bonds is 4. The summed E-state index contributed by atoms with van der Waals surface area (Å²) in [4.78, 5) is 15.1. The summed E-state index contributed by atoms with van der Waals surface area (Å²) in [6.07, 6.45) is 2.03. The summed E-state index contributed by atoms with van der Waals surface area (Å²) in [7, 11) is 2.86. The van der Waals surface area contributed by atoms with Crippen LogP contribution in [0.2, 0.25) is 0 Å². The van der Waals surface area contributed by atoms with Gasteiger partial charge in [0.05, 0.1) is 14.2 Å². The zero-order valence-corrected chi connectivity index (χ0v) is 8.77. The standard InChI is InChI=1S/C10H14N2O3/c1-14-9-4-3-7(6-12-9)5-8(11)10(13)15-2/h3-4,6,8H,5,11H2,1-2H3/t8-/m0/s1. The van der Waals surface area contributed by atoms with Crippen molar-refractivity contribution in [1.29, 1.82) is 0 Å². The Morgan fingerprint density at radius 3 is 2.73 bits per heavy atom. The lowest BCUT2D eigenvalue weighted by Gasteiger charge is -2.08. The van der Waals surface area contributed by atoms with E-state index >= 15 is 0 Å². The number of pyridine rings is 1. The fourth-order valence-corrected chi connectivity index (χ4v) is 1.14. The van der Waals surface area contributed by atoms with Crippen molar-refractivity contribution in [3.8, 4) is 5.88 Å². The van der Waals surface area contributed by atoms with E-state index in [0.29, 0.717) is 12.3 Å². The second kappa shape index (κ2) is 5.31. The molecule has 0 aromatic carbocycles. The molecule has 0 unspecified atom stereocenters. The first-order chi connectivity index (χ1) is 7.17. The Morgan fingerprint density at radius 2 is 2.27 bits per heavy atom. The lowest BCUT2D eigenvalue weighted by molar-refractivity contribution is -0.142. The molecule has 5 nitrogen and oxygen atoms in total. The third-order valence-electron chi connectivity index (χ3n) is 1.97. The van der Waals surface area contributed by atoms with Crippen molar-refractivity contribution in [2.24, 2.45) is 5.73 Å². The van der Waals surface area contributed by atoms with Crippen molar-refractivity contribution in [2.75, 3.05) is 14.2 Å². The van der Waals surface area contributed by atoms with Crippen LogP contribution in [-0.2, 0) is 16.0 Å². The minimum Gasteiger partial charge on any atom is -0.481 e. The van der Waals surface area contributed by atoms with Crippen molar-refractivity contribution in [3.63, 3.8) is 0 Å². The van der Waals surface area contributed by atoms with Crippen molar-refractivity contribution >= 4 is 5.97 Å². The molecular formula is C10H14N2O3. The Morgan fingerprint density at radius 1 is 1.53 bits per heavy atom. The summed E-state index contributed by atoms with van der Waals surface area (Å²) < 4.78 is 9.43. The molecule has 1 rings (SSSR count). The molecule has 15 heavy (non-hydrogen) atoms. The molecular weight excluding hydrogens is 196 g/mol. The Kier molecular flexibility index (Phi) is 4.05. The first-order valence-electron chi connectivity index (χ1n) is 4.49. The van der Waals surface area contributed by atoms with E-state index in [1.165, 1.54) is 7.11 Å². The molecule has 0 saturated heterocycles. The zero-order valence-electron chi connectivity index (χ0n) is 8.77. The quantitative estimate of drug-likeness (QED) is 0.715. The van der Waals surface area contributed by atoms with Gasteiger partial charge in [-0.25, -0.2) is 4.98 Å². The molecule has 0 saturated carbocycles. The van der Waals surface area contributed by atoms with Gasteiger partial charge in [-0.15, -0.1) is 0 Å². The van der Waals surface area contributed by atoms with Gasteiger partial charge in [0.25, 0.3) is 0 Å². The number of carbonyl (C=O) groups is 1. The highest BCUT2D eigenvalue weighted by Gasteiger charge is 2.14. The number of aromatic nitrogens is 1. The van der Waals surface area contributed by atoms with Crippen LogP contribution in [0, 0.1) is 0 Å². The van der Waals surface area contributed by atoms with Gasteiger partial charge >= 0.3 is 5.97 Å². The van der Waals surface area contributed by atoms with Gasteiger partial charge in [0.1, 0.15) is 6.04 Å². The molecule has 0 aliphatic heterocycles. The summed E-state index contributed by atoms with van der Waals surface area (Å²) in [6, 6.07) is 2.89. The summed E-state index contributed by atoms with van der Waals surface area (Å²) in [5.74, 6) is 0.108. The predicted molar refractivity (Wildman–Crippen MR) is 54.5 cm³/mol. The zero-order chi connectivity index (χ0) is 11.3.